The normalized spacial score (nSPS) is 13.7. The van der Waals surface area contributed by atoms with Crippen molar-refractivity contribution in [3.05, 3.63) is 80.9 Å². The van der Waals surface area contributed by atoms with E-state index in [1.54, 1.807) is 6.07 Å². The second-order valence-corrected chi connectivity index (χ2v) is 12.2. The van der Waals surface area contributed by atoms with Gasteiger partial charge in [-0.3, -0.25) is 9.36 Å². The lowest BCUT2D eigenvalue weighted by atomic mass is 10.2. The Bertz CT molecular complexity index is 1630. The van der Waals surface area contributed by atoms with Crippen LogP contribution in [0.3, 0.4) is 0 Å². The van der Waals surface area contributed by atoms with Gasteiger partial charge in [-0.1, -0.05) is 17.7 Å². The van der Waals surface area contributed by atoms with Crippen molar-refractivity contribution < 1.29 is 30.4 Å². The Morgan fingerprint density at radius 1 is 1.00 bits per heavy atom. The van der Waals surface area contributed by atoms with E-state index in [9.17, 15) is 30.4 Å². The molecular weight excluding hydrogens is 542 g/mol. The van der Waals surface area contributed by atoms with Crippen LogP contribution in [0.5, 0.6) is 5.88 Å². The summed E-state index contributed by atoms with van der Waals surface area (Å²) >= 11 is 6.11. The first kappa shape index (κ1) is 25.9. The third-order valence-corrected chi connectivity index (χ3v) is 7.87. The summed E-state index contributed by atoms with van der Waals surface area (Å²) in [7, 11) is -7.53. The molecule has 1 aliphatic heterocycles. The summed E-state index contributed by atoms with van der Waals surface area (Å²) in [6, 6.07) is 7.41. The fourth-order valence-electron chi connectivity index (χ4n) is 3.56. The van der Waals surface area contributed by atoms with E-state index >= 15 is 0 Å². The van der Waals surface area contributed by atoms with Crippen molar-refractivity contribution in [3.8, 4) is 5.88 Å². The minimum absolute atomic E-state index is 0.0372. The van der Waals surface area contributed by atoms with E-state index in [-0.39, 0.29) is 41.0 Å². The van der Waals surface area contributed by atoms with Gasteiger partial charge in [0.15, 0.2) is 5.02 Å². The van der Waals surface area contributed by atoms with Crippen molar-refractivity contribution in [3.63, 3.8) is 0 Å². The molecule has 10 nitrogen and oxygen atoms in total. The first-order chi connectivity index (χ1) is 16.8. The largest absolute Gasteiger partial charge is 0.471 e. The maximum Gasteiger partial charge on any atom is 0.276 e. The number of aromatic nitrogens is 2. The molecule has 0 N–H and O–H groups in total. The van der Waals surface area contributed by atoms with Crippen molar-refractivity contribution in [2.45, 2.75) is 13.2 Å². The maximum absolute atomic E-state index is 13.8. The van der Waals surface area contributed by atoms with E-state index in [0.29, 0.717) is 11.6 Å². The molecule has 2 aromatic carbocycles. The van der Waals surface area contributed by atoms with Crippen LogP contribution in [0.1, 0.15) is 11.1 Å². The zero-order valence-electron chi connectivity index (χ0n) is 18.9. The van der Waals surface area contributed by atoms with E-state index in [1.165, 1.54) is 18.2 Å². The molecule has 0 saturated carbocycles. The highest BCUT2D eigenvalue weighted by molar-refractivity contribution is 7.93. The molecule has 36 heavy (non-hydrogen) atoms. The number of rotatable bonds is 7. The number of ether oxygens (including phenoxy) is 1. The molecule has 2 heterocycles. The molecule has 4 rings (SSSR count). The van der Waals surface area contributed by atoms with E-state index in [1.807, 2.05) is 0 Å². The average Bonchev–Trinajstić information content (AvgIpc) is 3.17. The fourth-order valence-corrected chi connectivity index (χ4v) is 5.51. The summed E-state index contributed by atoms with van der Waals surface area (Å²) in [6.45, 7) is -0.808. The van der Waals surface area contributed by atoms with E-state index < -0.39 is 43.9 Å². The van der Waals surface area contributed by atoms with Crippen molar-refractivity contribution >= 4 is 43.0 Å². The molecular formula is C21H19ClF2N4O6S2. The molecule has 0 bridgehead atoms. The van der Waals surface area contributed by atoms with Crippen LogP contribution < -0.4 is 18.9 Å². The van der Waals surface area contributed by atoms with Gasteiger partial charge in [0.25, 0.3) is 5.56 Å². The molecule has 15 heteroatoms. The predicted molar refractivity (Wildman–Crippen MR) is 129 cm³/mol. The monoisotopic (exact) mass is 560 g/mol. The van der Waals surface area contributed by atoms with Crippen molar-refractivity contribution in [2.24, 2.45) is 0 Å². The van der Waals surface area contributed by atoms with Crippen molar-refractivity contribution in [2.75, 3.05) is 27.8 Å². The van der Waals surface area contributed by atoms with Crippen LogP contribution in [0.4, 0.5) is 20.2 Å². The highest BCUT2D eigenvalue weighted by Gasteiger charge is 2.36. The van der Waals surface area contributed by atoms with Gasteiger partial charge in [-0.2, -0.15) is 0 Å². The van der Waals surface area contributed by atoms with Gasteiger partial charge in [-0.15, -0.1) is 0 Å². The van der Waals surface area contributed by atoms with Gasteiger partial charge >= 0.3 is 0 Å². The van der Waals surface area contributed by atoms with Gasteiger partial charge in [0, 0.05) is 11.6 Å². The summed E-state index contributed by atoms with van der Waals surface area (Å²) in [5.74, 6) is -1.82. The summed E-state index contributed by atoms with van der Waals surface area (Å²) in [4.78, 5) is 16.7. The van der Waals surface area contributed by atoms with Crippen LogP contribution in [-0.4, -0.2) is 45.6 Å². The van der Waals surface area contributed by atoms with Crippen LogP contribution in [0.2, 0.25) is 5.02 Å². The van der Waals surface area contributed by atoms with Gasteiger partial charge in [-0.05, 0) is 29.8 Å². The number of anilines is 2. The second-order valence-electron chi connectivity index (χ2n) is 8.01. The van der Waals surface area contributed by atoms with Gasteiger partial charge < -0.3 is 4.74 Å². The maximum atomic E-state index is 13.8. The number of sulfonamides is 2. The number of benzene rings is 2. The smallest absolute Gasteiger partial charge is 0.276 e. The summed E-state index contributed by atoms with van der Waals surface area (Å²) in [5.41, 5.74) is 0.162. The highest BCUT2D eigenvalue weighted by atomic mass is 35.5. The molecule has 0 unspecified atom stereocenters. The lowest BCUT2D eigenvalue weighted by Gasteiger charge is -2.17. The van der Waals surface area contributed by atoms with Gasteiger partial charge in [-0.25, -0.2) is 39.2 Å². The van der Waals surface area contributed by atoms with Crippen LogP contribution in [-0.2, 0) is 33.2 Å². The molecule has 0 aliphatic carbocycles. The minimum atomic E-state index is -3.79. The fraction of sp³-hybridized carbons (Fsp3) is 0.238. The molecule has 1 aliphatic rings. The van der Waals surface area contributed by atoms with E-state index in [2.05, 4.69) is 4.98 Å². The SMILES string of the molecule is CS(=O)(=O)N1CN(S(C)(=O)=O)c2cc(Cn3cnc(OCc4ccc(F)cc4F)c(Cl)c3=O)ccc21. The number of fused-ring (bicyclic) bond motifs is 1. The number of hydrogen-bond acceptors (Lipinski definition) is 7. The second kappa shape index (κ2) is 9.33. The van der Waals surface area contributed by atoms with Gasteiger partial charge in [0.2, 0.25) is 25.9 Å². The lowest BCUT2D eigenvalue weighted by Crippen LogP contribution is -2.37. The minimum Gasteiger partial charge on any atom is -0.471 e. The number of hydrogen-bond donors (Lipinski definition) is 0. The quantitative estimate of drug-likeness (QED) is 0.435. The zero-order chi connectivity index (χ0) is 26.4. The molecule has 0 fully saturated rings. The predicted octanol–water partition coefficient (Wildman–Crippen LogP) is 2.31. The Hall–Kier alpha value is -3.23. The third kappa shape index (κ3) is 5.15. The topological polar surface area (TPSA) is 119 Å². The third-order valence-electron chi connectivity index (χ3n) is 5.32. The molecule has 3 aromatic rings. The molecule has 0 spiro atoms. The molecule has 0 radical (unpaired) electrons. The molecule has 192 valence electrons. The molecule has 1 aromatic heterocycles. The Balaban J connectivity index is 1.60. The first-order valence-corrected chi connectivity index (χ1v) is 14.2. The summed E-state index contributed by atoms with van der Waals surface area (Å²) in [5, 5.41) is -0.373. The molecule has 0 amide bonds. The van der Waals surface area contributed by atoms with Crippen LogP contribution in [0.15, 0.2) is 47.5 Å². The Labute approximate surface area is 210 Å². The van der Waals surface area contributed by atoms with E-state index in [4.69, 9.17) is 16.3 Å². The van der Waals surface area contributed by atoms with Crippen molar-refractivity contribution in [1.29, 1.82) is 0 Å². The zero-order valence-corrected chi connectivity index (χ0v) is 21.2. The van der Waals surface area contributed by atoms with Crippen LogP contribution in [0.25, 0.3) is 0 Å². The summed E-state index contributed by atoms with van der Waals surface area (Å²) in [6.07, 6.45) is 3.08. The Kier molecular flexibility index (Phi) is 6.70. The Morgan fingerprint density at radius 2 is 1.67 bits per heavy atom. The van der Waals surface area contributed by atoms with Gasteiger partial charge in [0.05, 0.1) is 30.4 Å². The first-order valence-electron chi connectivity index (χ1n) is 10.2. The van der Waals surface area contributed by atoms with E-state index in [0.717, 1.165) is 38.1 Å². The summed E-state index contributed by atoms with van der Waals surface area (Å²) < 4.78 is 84.0. The molecule has 0 atom stereocenters. The van der Waals surface area contributed by atoms with Crippen LogP contribution >= 0.6 is 11.6 Å². The van der Waals surface area contributed by atoms with Gasteiger partial charge in [0.1, 0.15) is 31.2 Å². The van der Waals surface area contributed by atoms with Crippen LogP contribution in [0, 0.1) is 11.6 Å². The standard InChI is InChI=1S/C21H19ClF2N4O6S2/c1-35(30,31)27-12-28(36(2,32)33)18-7-13(3-6-17(18)27)9-26-11-25-20(19(22)21(26)29)34-10-14-4-5-15(23)8-16(14)24/h3-8,11H,9-10,12H2,1-2H3. The number of halogens is 3. The Morgan fingerprint density at radius 3 is 2.31 bits per heavy atom. The molecule has 0 saturated heterocycles. The average molecular weight is 561 g/mol. The van der Waals surface area contributed by atoms with Crippen molar-refractivity contribution in [1.82, 2.24) is 9.55 Å². The lowest BCUT2D eigenvalue weighted by molar-refractivity contribution is 0.286. The highest BCUT2D eigenvalue weighted by Crippen LogP contribution is 2.39. The number of nitrogens with zero attached hydrogens (tertiary/aromatic N) is 4.